The molecule has 0 amide bonds. The number of hydrogen-bond acceptors (Lipinski definition) is 5. The van der Waals surface area contributed by atoms with Gasteiger partial charge in [-0.1, -0.05) is 30.3 Å². The maximum Gasteiger partial charge on any atom is 0.162 e. The lowest BCUT2D eigenvalue weighted by molar-refractivity contribution is -0.121. The van der Waals surface area contributed by atoms with Crippen LogP contribution >= 0.6 is 0 Å². The maximum absolute atomic E-state index is 12.2. The highest BCUT2D eigenvalue weighted by molar-refractivity contribution is 7.86. The summed E-state index contributed by atoms with van der Waals surface area (Å²) in [4.78, 5) is 12.0. The monoisotopic (exact) mass is 395 g/mol. The first-order valence-corrected chi connectivity index (χ1v) is 10.3. The molecule has 4 rings (SSSR count). The van der Waals surface area contributed by atoms with Crippen LogP contribution in [0.5, 0.6) is 0 Å². The first-order valence-electron chi connectivity index (χ1n) is 8.89. The summed E-state index contributed by atoms with van der Waals surface area (Å²) >= 11 is 0. The Morgan fingerprint density at radius 1 is 0.929 bits per heavy atom. The molecule has 0 unspecified atom stereocenters. The number of ketones is 1. The Hall–Kier alpha value is -2.54. The largest absolute Gasteiger partial charge is 0.744 e. The number of methoxy groups -OCH3 is 1. The zero-order valence-corrected chi connectivity index (χ0v) is 16.6. The van der Waals surface area contributed by atoms with Gasteiger partial charge in [-0.3, -0.25) is 4.79 Å². The Balaban J connectivity index is 2.17. The molecular weight excluding hydrogens is 376 g/mol. The van der Waals surface area contributed by atoms with Gasteiger partial charge in [0.1, 0.15) is 16.7 Å². The highest BCUT2D eigenvalue weighted by Crippen LogP contribution is 2.41. The zero-order chi connectivity index (χ0) is 20.2. The van der Waals surface area contributed by atoms with Crippen molar-refractivity contribution in [3.8, 4) is 0 Å². The van der Waals surface area contributed by atoms with Crippen LogP contribution in [-0.2, 0) is 26.1 Å². The first-order chi connectivity index (χ1) is 13.2. The zero-order valence-electron chi connectivity index (χ0n) is 15.8. The number of rotatable bonds is 5. The van der Waals surface area contributed by atoms with E-state index in [4.69, 9.17) is 4.74 Å². The van der Waals surface area contributed by atoms with E-state index in [1.807, 2.05) is 31.2 Å². The maximum atomic E-state index is 12.2. The first kappa shape index (κ1) is 18.8. The van der Waals surface area contributed by atoms with Crippen molar-refractivity contribution in [2.75, 3.05) is 13.7 Å². The third-order valence-corrected chi connectivity index (χ3v) is 6.20. The van der Waals surface area contributed by atoms with E-state index in [9.17, 15) is 17.8 Å². The second kappa shape index (κ2) is 6.51. The highest BCUT2D eigenvalue weighted by Gasteiger charge is 2.19. The van der Waals surface area contributed by atoms with Gasteiger partial charge < -0.3 is 9.29 Å². The molecule has 144 valence electrons. The van der Waals surface area contributed by atoms with Crippen molar-refractivity contribution in [1.82, 2.24) is 0 Å². The Labute approximate surface area is 163 Å². The second-order valence-electron chi connectivity index (χ2n) is 7.22. The van der Waals surface area contributed by atoms with Gasteiger partial charge in [0.05, 0.1) is 4.90 Å². The molecule has 0 spiro atoms. The molecule has 4 aromatic rings. The van der Waals surface area contributed by atoms with E-state index in [-0.39, 0.29) is 23.7 Å². The lowest BCUT2D eigenvalue weighted by Crippen LogP contribution is -2.10. The van der Waals surface area contributed by atoms with Crippen LogP contribution in [0.25, 0.3) is 32.3 Å². The molecule has 0 atom stereocenters. The summed E-state index contributed by atoms with van der Waals surface area (Å²) in [6, 6.07) is 10.9. The Morgan fingerprint density at radius 3 is 2.07 bits per heavy atom. The van der Waals surface area contributed by atoms with Crippen molar-refractivity contribution in [3.63, 3.8) is 0 Å². The molecule has 0 aromatic heterocycles. The number of aryl methyl sites for hydroxylation is 2. The summed E-state index contributed by atoms with van der Waals surface area (Å²) in [6.45, 7) is 3.81. The van der Waals surface area contributed by atoms with Crippen molar-refractivity contribution in [2.45, 2.75) is 25.2 Å². The minimum atomic E-state index is -4.62. The van der Waals surface area contributed by atoms with Crippen LogP contribution in [0.4, 0.5) is 0 Å². The van der Waals surface area contributed by atoms with Crippen LogP contribution in [0, 0.1) is 13.8 Å². The molecule has 0 saturated carbocycles. The van der Waals surface area contributed by atoms with Crippen molar-refractivity contribution in [1.29, 1.82) is 0 Å². The lowest BCUT2D eigenvalue weighted by Gasteiger charge is -2.20. The minimum absolute atomic E-state index is 0.0315. The van der Waals surface area contributed by atoms with Crippen LogP contribution in [0.1, 0.15) is 16.7 Å². The van der Waals surface area contributed by atoms with E-state index in [0.717, 1.165) is 43.6 Å². The van der Waals surface area contributed by atoms with E-state index >= 15 is 0 Å². The van der Waals surface area contributed by atoms with Crippen LogP contribution in [0.3, 0.4) is 0 Å². The molecule has 0 fully saturated rings. The molecule has 4 aromatic carbocycles. The fourth-order valence-electron chi connectivity index (χ4n) is 4.17. The van der Waals surface area contributed by atoms with E-state index in [2.05, 4.69) is 0 Å². The van der Waals surface area contributed by atoms with Crippen molar-refractivity contribution in [3.05, 3.63) is 53.1 Å². The predicted octanol–water partition coefficient (Wildman–Crippen LogP) is 3.86. The Bertz CT molecular complexity index is 1350. The molecule has 0 radical (unpaired) electrons. The van der Waals surface area contributed by atoms with Gasteiger partial charge >= 0.3 is 0 Å². The fourth-order valence-corrected chi connectivity index (χ4v) is 4.93. The average Bonchev–Trinajstić information content (AvgIpc) is 2.62. The number of benzene rings is 4. The van der Waals surface area contributed by atoms with Gasteiger partial charge in [-0.25, -0.2) is 8.42 Å². The predicted molar refractivity (Wildman–Crippen MR) is 108 cm³/mol. The summed E-state index contributed by atoms with van der Waals surface area (Å²) in [6.07, 6.45) is 0.231. The molecule has 0 aliphatic rings. The molecular formula is C22H19O5S-. The lowest BCUT2D eigenvalue weighted by atomic mass is 9.87. The molecule has 0 aliphatic heterocycles. The molecule has 0 N–H and O–H groups in total. The van der Waals surface area contributed by atoms with Gasteiger partial charge in [-0.2, -0.15) is 0 Å². The van der Waals surface area contributed by atoms with Crippen molar-refractivity contribution < 1.29 is 22.5 Å². The van der Waals surface area contributed by atoms with Crippen molar-refractivity contribution in [2.24, 2.45) is 0 Å². The summed E-state index contributed by atoms with van der Waals surface area (Å²) in [5.74, 6) is -0.0315. The van der Waals surface area contributed by atoms with Gasteiger partial charge in [0.25, 0.3) is 0 Å². The molecule has 0 heterocycles. The number of hydrogen-bond donors (Lipinski definition) is 0. The van der Waals surface area contributed by atoms with Crippen LogP contribution < -0.4 is 0 Å². The van der Waals surface area contributed by atoms with Gasteiger partial charge in [-0.05, 0) is 63.5 Å². The number of ether oxygens (including phenoxy) is 1. The average molecular weight is 395 g/mol. The van der Waals surface area contributed by atoms with E-state index < -0.39 is 10.1 Å². The van der Waals surface area contributed by atoms with Gasteiger partial charge in [0.15, 0.2) is 5.78 Å². The highest BCUT2D eigenvalue weighted by atomic mass is 32.2. The van der Waals surface area contributed by atoms with E-state index in [0.29, 0.717) is 5.39 Å². The third kappa shape index (κ3) is 2.85. The van der Waals surface area contributed by atoms with Gasteiger partial charge in [-0.15, -0.1) is 0 Å². The number of Topliss-reactive ketones (excluding diaryl/α,β-unsaturated/α-hetero) is 1. The number of carbonyl (C=O) groups is 1. The summed E-state index contributed by atoms with van der Waals surface area (Å²) in [5, 5.41) is 4.85. The molecule has 28 heavy (non-hydrogen) atoms. The van der Waals surface area contributed by atoms with Crippen LogP contribution in [0.15, 0.2) is 41.3 Å². The molecule has 6 heteroatoms. The van der Waals surface area contributed by atoms with E-state index in [1.165, 1.54) is 13.2 Å². The SMILES string of the molecule is COCC(=O)Cc1cc(C)c2ccc3c(C)cc(S(=O)(=O)[O-])c4ccc1c2c34. The van der Waals surface area contributed by atoms with E-state index in [1.54, 1.807) is 13.0 Å². The Kier molecular flexibility index (Phi) is 4.38. The normalized spacial score (nSPS) is 12.4. The number of carbonyl (C=O) groups excluding carboxylic acids is 1. The van der Waals surface area contributed by atoms with Gasteiger partial charge in [0, 0.05) is 18.9 Å². The van der Waals surface area contributed by atoms with Crippen molar-refractivity contribution >= 4 is 48.2 Å². The quantitative estimate of drug-likeness (QED) is 0.378. The minimum Gasteiger partial charge on any atom is -0.744 e. The third-order valence-electron chi connectivity index (χ3n) is 5.32. The van der Waals surface area contributed by atoms with Gasteiger partial charge in [0.2, 0.25) is 0 Å². The topological polar surface area (TPSA) is 83.5 Å². The standard InChI is InChI=1S/C22H20O5S/c1-12-8-14(10-15(23)11-27-3)18-6-7-19-20(28(24,25)26)9-13(2)17-5-4-16(12)21(18)22(17)19/h4-9H,10-11H2,1-3H3,(H,24,25,26)/p-1. The van der Waals surface area contributed by atoms with Crippen LogP contribution in [0.2, 0.25) is 0 Å². The molecule has 0 saturated heterocycles. The molecule has 0 aliphatic carbocycles. The fraction of sp³-hybridized carbons (Fsp3) is 0.227. The van der Waals surface area contributed by atoms with Crippen LogP contribution in [-0.4, -0.2) is 32.5 Å². The summed E-state index contributed by atoms with van der Waals surface area (Å²) in [7, 11) is -3.13. The molecule has 5 nitrogen and oxygen atoms in total. The smallest absolute Gasteiger partial charge is 0.162 e. The second-order valence-corrected chi connectivity index (χ2v) is 8.57. The Morgan fingerprint density at radius 2 is 1.46 bits per heavy atom. The summed E-state index contributed by atoms with van der Waals surface area (Å²) < 4.78 is 40.6. The summed E-state index contributed by atoms with van der Waals surface area (Å²) in [5.41, 5.74) is 2.60. The molecule has 0 bridgehead atoms.